The van der Waals surface area contributed by atoms with Crippen molar-refractivity contribution in [3.8, 4) is 11.3 Å². The number of piperidine rings is 1. The Morgan fingerprint density at radius 3 is 2.44 bits per heavy atom. The van der Waals surface area contributed by atoms with Crippen LogP contribution in [0.15, 0.2) is 34.5 Å². The average Bonchev–Trinajstić information content (AvgIpc) is 3.46. The molecule has 0 radical (unpaired) electrons. The summed E-state index contributed by atoms with van der Waals surface area (Å²) in [5, 5.41) is 5.58. The zero-order valence-corrected chi connectivity index (χ0v) is 16.9. The number of carbonyl (C=O) groups excluding carboxylic acids is 2. The Labute approximate surface area is 167 Å². The number of hydrogen-bond acceptors (Lipinski definition) is 5. The molecule has 1 aliphatic carbocycles. The highest BCUT2D eigenvalue weighted by molar-refractivity contribution is 7.98. The van der Waals surface area contributed by atoms with Gasteiger partial charge in [0, 0.05) is 40.8 Å². The molecule has 0 bridgehead atoms. The van der Waals surface area contributed by atoms with E-state index in [-0.39, 0.29) is 23.7 Å². The van der Waals surface area contributed by atoms with Crippen LogP contribution in [0.2, 0.25) is 0 Å². The molecule has 4 rings (SSSR count). The fourth-order valence-corrected chi connectivity index (χ4v) is 4.51. The van der Waals surface area contributed by atoms with E-state index in [1.54, 1.807) is 11.8 Å². The molecule has 2 amide bonds. The lowest BCUT2D eigenvalue weighted by molar-refractivity contribution is -0.135. The van der Waals surface area contributed by atoms with Gasteiger partial charge in [0.2, 0.25) is 11.8 Å². The number of anilines is 1. The van der Waals surface area contributed by atoms with Crippen LogP contribution in [0, 0.1) is 11.8 Å². The molecule has 2 fully saturated rings. The number of rotatable bonds is 5. The van der Waals surface area contributed by atoms with Crippen LogP contribution in [0.1, 0.15) is 25.7 Å². The number of hydrogen-bond donors (Lipinski definition) is 1. The van der Waals surface area contributed by atoms with Crippen molar-refractivity contribution in [3.63, 3.8) is 0 Å². The molecule has 5 nitrogen and oxygen atoms in total. The number of thiazole rings is 1. The van der Waals surface area contributed by atoms with Crippen LogP contribution in [-0.2, 0) is 9.59 Å². The minimum Gasteiger partial charge on any atom is -0.342 e. The van der Waals surface area contributed by atoms with Gasteiger partial charge in [0.25, 0.3) is 0 Å². The van der Waals surface area contributed by atoms with Gasteiger partial charge in [-0.3, -0.25) is 9.59 Å². The highest BCUT2D eigenvalue weighted by Crippen LogP contribution is 2.33. The van der Waals surface area contributed by atoms with Gasteiger partial charge in [-0.05, 0) is 44.1 Å². The summed E-state index contributed by atoms with van der Waals surface area (Å²) in [5.74, 6) is 0.522. The number of nitrogens with zero attached hydrogens (tertiary/aromatic N) is 2. The maximum Gasteiger partial charge on any atom is 0.229 e. The van der Waals surface area contributed by atoms with Crippen LogP contribution in [-0.4, -0.2) is 41.0 Å². The van der Waals surface area contributed by atoms with E-state index in [1.165, 1.54) is 16.2 Å². The zero-order valence-electron chi connectivity index (χ0n) is 15.3. The number of carbonyl (C=O) groups is 2. The number of nitrogens with one attached hydrogen (secondary N) is 1. The molecule has 27 heavy (non-hydrogen) atoms. The smallest absolute Gasteiger partial charge is 0.229 e. The second kappa shape index (κ2) is 8.02. The zero-order chi connectivity index (χ0) is 18.8. The van der Waals surface area contributed by atoms with E-state index < -0.39 is 0 Å². The van der Waals surface area contributed by atoms with Gasteiger partial charge in [-0.15, -0.1) is 23.1 Å². The standard InChI is InChI=1S/C20H23N3O2S2/c1-26-16-6-4-13(5-7-16)17-12-27-20(21-17)22-18(24)14-8-10-23(11-9-14)19(25)15-2-3-15/h4-7,12,14-15H,2-3,8-11H2,1H3,(H,21,22,24). The summed E-state index contributed by atoms with van der Waals surface area (Å²) in [4.78, 5) is 32.4. The minimum atomic E-state index is -0.0403. The van der Waals surface area contributed by atoms with Gasteiger partial charge >= 0.3 is 0 Å². The molecule has 1 aliphatic heterocycles. The van der Waals surface area contributed by atoms with E-state index in [0.717, 1.165) is 36.9 Å². The number of benzene rings is 1. The van der Waals surface area contributed by atoms with E-state index in [1.807, 2.05) is 10.3 Å². The van der Waals surface area contributed by atoms with E-state index in [9.17, 15) is 9.59 Å². The molecule has 142 valence electrons. The Kier molecular flexibility index (Phi) is 5.50. The first kappa shape index (κ1) is 18.5. The summed E-state index contributed by atoms with van der Waals surface area (Å²) in [6.07, 6.45) is 5.59. The van der Waals surface area contributed by atoms with Crippen molar-refractivity contribution in [2.24, 2.45) is 11.8 Å². The molecular weight excluding hydrogens is 378 g/mol. The summed E-state index contributed by atoms with van der Waals surface area (Å²) in [5.41, 5.74) is 1.93. The molecule has 7 heteroatoms. The van der Waals surface area contributed by atoms with Crippen LogP contribution in [0.25, 0.3) is 11.3 Å². The Morgan fingerprint density at radius 1 is 1.11 bits per heavy atom. The molecule has 0 atom stereocenters. The number of thioether (sulfide) groups is 1. The Hall–Kier alpha value is -1.86. The molecule has 1 aromatic carbocycles. The first-order valence-corrected chi connectivity index (χ1v) is 11.4. The van der Waals surface area contributed by atoms with Crippen molar-refractivity contribution in [2.75, 3.05) is 24.7 Å². The maximum atomic E-state index is 12.6. The topological polar surface area (TPSA) is 62.3 Å². The Bertz CT molecular complexity index is 822. The predicted octanol–water partition coefficient (Wildman–Crippen LogP) is 4.12. The number of likely N-dealkylation sites (tertiary alicyclic amines) is 1. The van der Waals surface area contributed by atoms with Crippen LogP contribution >= 0.6 is 23.1 Å². The molecule has 1 aromatic heterocycles. The first-order chi connectivity index (χ1) is 13.1. The summed E-state index contributed by atoms with van der Waals surface area (Å²) in [7, 11) is 0. The highest BCUT2D eigenvalue weighted by Gasteiger charge is 2.36. The Balaban J connectivity index is 1.32. The van der Waals surface area contributed by atoms with Gasteiger partial charge in [0.05, 0.1) is 5.69 Å². The van der Waals surface area contributed by atoms with Crippen LogP contribution in [0.3, 0.4) is 0 Å². The average molecular weight is 402 g/mol. The molecule has 0 unspecified atom stereocenters. The third-order valence-electron chi connectivity index (χ3n) is 5.22. The number of aromatic nitrogens is 1. The quantitative estimate of drug-likeness (QED) is 0.766. The van der Waals surface area contributed by atoms with Gasteiger partial charge in [0.15, 0.2) is 5.13 Å². The summed E-state index contributed by atoms with van der Waals surface area (Å²) >= 11 is 3.16. The second-order valence-corrected chi connectivity index (χ2v) is 8.87. The van der Waals surface area contributed by atoms with E-state index >= 15 is 0 Å². The fraction of sp³-hybridized carbons (Fsp3) is 0.450. The summed E-state index contributed by atoms with van der Waals surface area (Å²) < 4.78 is 0. The number of amides is 2. The fourth-order valence-electron chi connectivity index (χ4n) is 3.38. The van der Waals surface area contributed by atoms with Crippen molar-refractivity contribution < 1.29 is 9.59 Å². The molecule has 1 N–H and O–H groups in total. The van der Waals surface area contributed by atoms with Crippen LogP contribution in [0.5, 0.6) is 0 Å². The normalized spacial score (nSPS) is 17.7. The SMILES string of the molecule is CSc1ccc(-c2csc(NC(=O)C3CCN(C(=O)C4CC4)CC3)n2)cc1. The maximum absolute atomic E-state index is 12.6. The van der Waals surface area contributed by atoms with Crippen molar-refractivity contribution in [1.29, 1.82) is 0 Å². The largest absolute Gasteiger partial charge is 0.342 e. The molecule has 2 aliphatic rings. The minimum absolute atomic E-state index is 0.0205. The van der Waals surface area contributed by atoms with E-state index in [0.29, 0.717) is 18.2 Å². The van der Waals surface area contributed by atoms with Crippen molar-refractivity contribution >= 4 is 40.0 Å². The van der Waals surface area contributed by atoms with E-state index in [4.69, 9.17) is 0 Å². The van der Waals surface area contributed by atoms with Crippen LogP contribution < -0.4 is 5.32 Å². The third-order valence-corrected chi connectivity index (χ3v) is 6.73. The molecular formula is C20H23N3O2S2. The van der Waals surface area contributed by atoms with Gasteiger partial charge in [-0.2, -0.15) is 0 Å². The summed E-state index contributed by atoms with van der Waals surface area (Å²) in [6.45, 7) is 1.39. The summed E-state index contributed by atoms with van der Waals surface area (Å²) in [6, 6.07) is 8.26. The van der Waals surface area contributed by atoms with Crippen molar-refractivity contribution in [1.82, 2.24) is 9.88 Å². The molecule has 1 saturated carbocycles. The lowest BCUT2D eigenvalue weighted by Gasteiger charge is -2.31. The van der Waals surface area contributed by atoms with Crippen molar-refractivity contribution in [3.05, 3.63) is 29.6 Å². The van der Waals surface area contributed by atoms with E-state index in [2.05, 4.69) is 40.8 Å². The lowest BCUT2D eigenvalue weighted by Crippen LogP contribution is -2.42. The predicted molar refractivity (Wildman–Crippen MR) is 110 cm³/mol. The third kappa shape index (κ3) is 4.35. The highest BCUT2D eigenvalue weighted by atomic mass is 32.2. The van der Waals surface area contributed by atoms with Gasteiger partial charge in [-0.1, -0.05) is 12.1 Å². The molecule has 2 heterocycles. The Morgan fingerprint density at radius 2 is 1.81 bits per heavy atom. The molecule has 1 saturated heterocycles. The van der Waals surface area contributed by atoms with Gasteiger partial charge in [-0.25, -0.2) is 4.98 Å². The first-order valence-electron chi connectivity index (χ1n) is 9.33. The lowest BCUT2D eigenvalue weighted by atomic mass is 9.95. The monoisotopic (exact) mass is 401 g/mol. The van der Waals surface area contributed by atoms with Gasteiger partial charge in [0.1, 0.15) is 0 Å². The van der Waals surface area contributed by atoms with Crippen molar-refractivity contribution in [2.45, 2.75) is 30.6 Å². The second-order valence-electron chi connectivity index (χ2n) is 7.13. The van der Waals surface area contributed by atoms with Crippen LogP contribution in [0.4, 0.5) is 5.13 Å². The molecule has 0 spiro atoms. The molecule has 2 aromatic rings. The van der Waals surface area contributed by atoms with Gasteiger partial charge < -0.3 is 10.2 Å².